The zero-order valence-electron chi connectivity index (χ0n) is 17.3. The molecule has 0 radical (unpaired) electrons. The zero-order chi connectivity index (χ0) is 21.3. The van der Waals surface area contributed by atoms with E-state index in [1.807, 2.05) is 23.6 Å². The van der Waals surface area contributed by atoms with E-state index in [0.717, 1.165) is 59.2 Å². The van der Waals surface area contributed by atoms with Crippen LogP contribution in [0.1, 0.15) is 22.4 Å². The largest absolute Gasteiger partial charge is 0.496 e. The topological polar surface area (TPSA) is 41.6 Å². The maximum atomic E-state index is 13.9. The van der Waals surface area contributed by atoms with Crippen LogP contribution < -0.4 is 15.0 Å². The minimum absolute atomic E-state index is 0.360. The lowest BCUT2D eigenvalue weighted by molar-refractivity contribution is 0.410. The van der Waals surface area contributed by atoms with Gasteiger partial charge in [0.2, 0.25) is 0 Å². The van der Waals surface area contributed by atoms with Crippen LogP contribution in [0.25, 0.3) is 0 Å². The summed E-state index contributed by atoms with van der Waals surface area (Å²) in [4.78, 5) is 4.68. The van der Waals surface area contributed by atoms with Gasteiger partial charge in [0.15, 0.2) is 0 Å². The molecule has 1 aliphatic rings. The van der Waals surface area contributed by atoms with Crippen molar-refractivity contribution in [2.45, 2.75) is 36.6 Å². The van der Waals surface area contributed by atoms with Gasteiger partial charge in [0, 0.05) is 13.1 Å². The standard InChI is InChI=1S/C23H25FN2O2S2/c1-15-5-8-21-23(16(15)2)26(18-7-6-17(24)13-22(18)30(21)27)11-4-10-25-14-20-19(28-3)9-12-29-20/h5-9,12-13,25H,4,10-11,14H2,1-3H3. The SMILES string of the molecule is COc1ccsc1CNCCCN1c2ccc(F)cc2S(=O)c2ccc(C)c(C)c21. The molecule has 0 amide bonds. The second kappa shape index (κ2) is 8.88. The summed E-state index contributed by atoms with van der Waals surface area (Å²) in [6.07, 6.45) is 0.893. The van der Waals surface area contributed by atoms with Crippen LogP contribution in [-0.4, -0.2) is 24.4 Å². The van der Waals surface area contributed by atoms with Crippen LogP contribution in [0, 0.1) is 19.7 Å². The Bertz CT molecular complexity index is 1100. The number of anilines is 2. The van der Waals surface area contributed by atoms with Crippen LogP contribution in [0.3, 0.4) is 0 Å². The maximum absolute atomic E-state index is 13.9. The number of nitrogens with one attached hydrogen (secondary N) is 1. The molecule has 3 aromatic rings. The molecule has 1 atom stereocenters. The molecule has 0 fully saturated rings. The highest BCUT2D eigenvalue weighted by Crippen LogP contribution is 2.44. The van der Waals surface area contributed by atoms with Crippen LogP contribution in [0.4, 0.5) is 15.8 Å². The number of ether oxygens (including phenoxy) is 1. The number of halogens is 1. The van der Waals surface area contributed by atoms with E-state index in [-0.39, 0.29) is 5.82 Å². The minimum atomic E-state index is -1.38. The summed E-state index contributed by atoms with van der Waals surface area (Å²) in [7, 11) is 0.306. The fourth-order valence-electron chi connectivity index (χ4n) is 3.80. The van der Waals surface area contributed by atoms with E-state index in [2.05, 4.69) is 24.1 Å². The Balaban J connectivity index is 1.53. The Hall–Kier alpha value is -2.22. The normalized spacial score (nSPS) is 15.1. The molecule has 0 bridgehead atoms. The van der Waals surface area contributed by atoms with Crippen molar-refractivity contribution in [3.05, 3.63) is 63.6 Å². The van der Waals surface area contributed by atoms with Crippen LogP contribution in [0.2, 0.25) is 0 Å². The fourth-order valence-corrected chi connectivity index (χ4v) is 6.06. The lowest BCUT2D eigenvalue weighted by Gasteiger charge is -2.34. The highest BCUT2D eigenvalue weighted by atomic mass is 32.2. The molecule has 0 saturated heterocycles. The van der Waals surface area contributed by atoms with Crippen LogP contribution >= 0.6 is 11.3 Å². The molecule has 2 heterocycles. The first-order valence-corrected chi connectivity index (χ1v) is 11.9. The summed E-state index contributed by atoms with van der Waals surface area (Å²) in [6.45, 7) is 6.47. The van der Waals surface area contributed by atoms with Gasteiger partial charge in [-0.3, -0.25) is 0 Å². The molecule has 4 nitrogen and oxygen atoms in total. The summed E-state index contributed by atoms with van der Waals surface area (Å²) in [5, 5.41) is 5.51. The van der Waals surface area contributed by atoms with Crippen LogP contribution in [-0.2, 0) is 17.3 Å². The molecule has 0 spiro atoms. The zero-order valence-corrected chi connectivity index (χ0v) is 19.0. The Morgan fingerprint density at radius 3 is 2.80 bits per heavy atom. The number of aryl methyl sites for hydroxylation is 1. The smallest absolute Gasteiger partial charge is 0.134 e. The Kier molecular flexibility index (Phi) is 6.22. The molecule has 7 heteroatoms. The Morgan fingerprint density at radius 1 is 1.17 bits per heavy atom. The molecule has 1 N–H and O–H groups in total. The highest BCUT2D eigenvalue weighted by Gasteiger charge is 2.30. The van der Waals surface area contributed by atoms with Crippen molar-refractivity contribution < 1.29 is 13.3 Å². The van der Waals surface area contributed by atoms with E-state index in [1.54, 1.807) is 24.5 Å². The first kappa shape index (κ1) is 21.0. The predicted octanol–water partition coefficient (Wildman–Crippen LogP) is 5.31. The number of thiophene rings is 1. The second-order valence-corrected chi connectivity index (χ2v) is 9.75. The van der Waals surface area contributed by atoms with Crippen molar-refractivity contribution in [3.63, 3.8) is 0 Å². The van der Waals surface area contributed by atoms with Crippen molar-refractivity contribution in [1.29, 1.82) is 0 Å². The van der Waals surface area contributed by atoms with Gasteiger partial charge in [-0.25, -0.2) is 8.60 Å². The third-order valence-corrected chi connectivity index (χ3v) is 7.85. The first-order chi connectivity index (χ1) is 14.5. The average Bonchev–Trinajstić information content (AvgIpc) is 3.20. The second-order valence-electron chi connectivity index (χ2n) is 7.33. The van der Waals surface area contributed by atoms with Gasteiger partial charge in [-0.15, -0.1) is 11.3 Å². The van der Waals surface area contributed by atoms with E-state index < -0.39 is 10.8 Å². The molecule has 0 aliphatic carbocycles. The van der Waals surface area contributed by atoms with Gasteiger partial charge >= 0.3 is 0 Å². The van der Waals surface area contributed by atoms with Crippen molar-refractivity contribution in [1.82, 2.24) is 5.32 Å². The van der Waals surface area contributed by atoms with E-state index in [0.29, 0.717) is 4.90 Å². The molecule has 30 heavy (non-hydrogen) atoms. The monoisotopic (exact) mass is 444 g/mol. The van der Waals surface area contributed by atoms with Crippen molar-refractivity contribution in [2.24, 2.45) is 0 Å². The summed E-state index contributed by atoms with van der Waals surface area (Å²) in [6, 6.07) is 10.5. The van der Waals surface area contributed by atoms with E-state index in [1.165, 1.54) is 17.0 Å². The average molecular weight is 445 g/mol. The summed E-state index contributed by atoms with van der Waals surface area (Å²) in [5.74, 6) is 0.558. The molecule has 1 unspecified atom stereocenters. The number of rotatable bonds is 7. The Labute approximate surface area is 183 Å². The number of hydrogen-bond acceptors (Lipinski definition) is 5. The highest BCUT2D eigenvalue weighted by molar-refractivity contribution is 7.85. The molecule has 4 rings (SSSR count). The van der Waals surface area contributed by atoms with Gasteiger partial charge in [-0.2, -0.15) is 0 Å². The summed E-state index contributed by atoms with van der Waals surface area (Å²) in [5.41, 5.74) is 4.10. The van der Waals surface area contributed by atoms with Gasteiger partial charge in [0.1, 0.15) is 11.6 Å². The van der Waals surface area contributed by atoms with E-state index in [4.69, 9.17) is 4.74 Å². The number of hydrogen-bond donors (Lipinski definition) is 1. The number of methoxy groups -OCH3 is 1. The van der Waals surface area contributed by atoms with Gasteiger partial charge in [-0.1, -0.05) is 6.07 Å². The van der Waals surface area contributed by atoms with Gasteiger partial charge in [-0.05, 0) is 73.7 Å². The van der Waals surface area contributed by atoms with Gasteiger partial charge in [0.25, 0.3) is 0 Å². The quantitative estimate of drug-likeness (QED) is 0.502. The van der Waals surface area contributed by atoms with Crippen LogP contribution in [0.15, 0.2) is 51.6 Å². The van der Waals surface area contributed by atoms with E-state index >= 15 is 0 Å². The van der Waals surface area contributed by atoms with Crippen molar-refractivity contribution >= 4 is 33.5 Å². The maximum Gasteiger partial charge on any atom is 0.134 e. The Morgan fingerprint density at radius 2 is 2.00 bits per heavy atom. The number of benzene rings is 2. The van der Waals surface area contributed by atoms with E-state index in [9.17, 15) is 8.60 Å². The summed E-state index contributed by atoms with van der Waals surface area (Å²) >= 11 is 1.68. The molecule has 158 valence electrons. The number of fused-ring (bicyclic) bond motifs is 2. The number of nitrogens with zero attached hydrogens (tertiary/aromatic N) is 1. The molecular formula is C23H25FN2O2S2. The molecular weight excluding hydrogens is 419 g/mol. The molecule has 1 aliphatic heterocycles. The van der Waals surface area contributed by atoms with Crippen LogP contribution in [0.5, 0.6) is 5.75 Å². The molecule has 1 aromatic heterocycles. The fraction of sp³-hybridized carbons (Fsp3) is 0.304. The third-order valence-electron chi connectivity index (χ3n) is 5.49. The van der Waals surface area contributed by atoms with Gasteiger partial charge in [0.05, 0.1) is 44.0 Å². The van der Waals surface area contributed by atoms with Crippen molar-refractivity contribution in [3.8, 4) is 5.75 Å². The first-order valence-electron chi connectivity index (χ1n) is 9.91. The lowest BCUT2D eigenvalue weighted by Crippen LogP contribution is -2.28. The van der Waals surface area contributed by atoms with Gasteiger partial charge < -0.3 is 15.0 Å². The minimum Gasteiger partial charge on any atom is -0.496 e. The van der Waals surface area contributed by atoms with Crippen molar-refractivity contribution in [2.75, 3.05) is 25.1 Å². The summed E-state index contributed by atoms with van der Waals surface area (Å²) < 4.78 is 32.4. The molecule has 0 saturated carbocycles. The lowest BCUT2D eigenvalue weighted by atomic mass is 10.1. The molecule has 2 aromatic carbocycles. The predicted molar refractivity (Wildman–Crippen MR) is 121 cm³/mol. The third kappa shape index (κ3) is 3.89.